The van der Waals surface area contributed by atoms with Crippen LogP contribution in [0.1, 0.15) is 147 Å². The van der Waals surface area contributed by atoms with E-state index in [1.165, 1.54) is 53.1 Å². The first-order valence-electron chi connectivity index (χ1n) is 24.1. The van der Waals surface area contributed by atoms with E-state index in [0.717, 1.165) is 12.8 Å². The van der Waals surface area contributed by atoms with Crippen LogP contribution in [0.4, 0.5) is 0 Å². The molecular weight excluding hydrogens is 829 g/mol. The van der Waals surface area contributed by atoms with Crippen molar-refractivity contribution in [2.45, 2.75) is 231 Å². The maximum atomic E-state index is 14.5. The molecule has 0 bridgehead atoms. The van der Waals surface area contributed by atoms with Gasteiger partial charge in [0.25, 0.3) is 0 Å². The molecular formula is C48H86N2O14. The molecule has 3 aliphatic heterocycles. The number of cyclic esters (lactones) is 1. The summed E-state index contributed by atoms with van der Waals surface area (Å²) >= 11 is 0. The molecule has 64 heavy (non-hydrogen) atoms. The Morgan fingerprint density at radius 2 is 1.58 bits per heavy atom. The van der Waals surface area contributed by atoms with Crippen LogP contribution >= 0.6 is 0 Å². The molecule has 1 unspecified atom stereocenters. The van der Waals surface area contributed by atoms with Crippen LogP contribution < -0.4 is 0 Å². The highest BCUT2D eigenvalue weighted by Crippen LogP contribution is 2.42. The van der Waals surface area contributed by atoms with E-state index in [4.69, 9.17) is 38.0 Å². The number of ether oxygens (including phenoxy) is 7. The van der Waals surface area contributed by atoms with Gasteiger partial charge in [-0.1, -0.05) is 65.0 Å². The molecule has 3 saturated heterocycles. The monoisotopic (exact) mass is 915 g/mol. The zero-order valence-electron chi connectivity index (χ0n) is 41.5. The number of rotatable bonds is 13. The van der Waals surface area contributed by atoms with Gasteiger partial charge in [0.15, 0.2) is 18.7 Å². The highest BCUT2D eigenvalue weighted by atomic mass is 16.7. The molecule has 1 saturated carbocycles. The standard InChI is InChI=1S/C48H86N2O14/c1-15-36-48(11,56)41(53)29(4)38(49-58-23-19-22-34-20-17-16-18-21-34)27(2)25-46(9,55)42(64-45-39(52)35(50(12)13)24-28(3)59-45)30(5)40(31(6)44(54)62-36)63-37-26-47(10,57-14)43(32(7)60-37)61-33(8)51/h27-32,34-37,39-43,45,52-53,55-56H,15-26H2,1-14H3/b49-38+/t27-,28-,29-,30+,31-,32+,35+,36+,37+,39-,40+,41-,42-,43+,45+,46?,47-,48-/m1/s1. The highest BCUT2D eigenvalue weighted by Gasteiger charge is 2.54. The van der Waals surface area contributed by atoms with E-state index in [-0.39, 0.29) is 31.4 Å². The zero-order valence-corrected chi connectivity index (χ0v) is 41.5. The Hall–Kier alpha value is -1.99. The lowest BCUT2D eigenvalue weighted by Gasteiger charge is -2.49. The van der Waals surface area contributed by atoms with Crippen LogP contribution in [0.15, 0.2) is 5.16 Å². The Labute approximate surface area is 383 Å². The molecule has 3 heterocycles. The second kappa shape index (κ2) is 23.3. The third-order valence-corrected chi connectivity index (χ3v) is 14.9. The largest absolute Gasteiger partial charge is 0.459 e. The number of oxime groups is 1. The van der Waals surface area contributed by atoms with Crippen LogP contribution in [-0.4, -0.2) is 155 Å². The summed E-state index contributed by atoms with van der Waals surface area (Å²) < 4.78 is 44.1. The molecule has 4 fully saturated rings. The number of aliphatic hydroxyl groups excluding tert-OH is 2. The van der Waals surface area contributed by atoms with Crippen molar-refractivity contribution < 1.29 is 68.0 Å². The Bertz CT molecular complexity index is 1510. The van der Waals surface area contributed by atoms with Crippen molar-refractivity contribution in [1.29, 1.82) is 0 Å². The van der Waals surface area contributed by atoms with Gasteiger partial charge in [-0.05, 0) is 93.7 Å². The second-order valence-electron chi connectivity index (χ2n) is 20.7. The second-order valence-corrected chi connectivity index (χ2v) is 20.7. The number of nitrogens with zero attached hydrogens (tertiary/aromatic N) is 2. The summed E-state index contributed by atoms with van der Waals surface area (Å²) in [6.07, 6.45) is -1.01. The van der Waals surface area contributed by atoms with Crippen molar-refractivity contribution in [3.63, 3.8) is 0 Å². The molecule has 4 aliphatic rings. The number of carbonyl (C=O) groups is 2. The van der Waals surface area contributed by atoms with Crippen molar-refractivity contribution in [3.8, 4) is 0 Å². The van der Waals surface area contributed by atoms with E-state index in [2.05, 4.69) is 5.16 Å². The number of carbonyl (C=O) groups excluding carboxylic acids is 2. The molecule has 18 atom stereocenters. The molecule has 0 aromatic rings. The van der Waals surface area contributed by atoms with Gasteiger partial charge in [0.2, 0.25) is 0 Å². The molecule has 4 rings (SSSR count). The maximum Gasteiger partial charge on any atom is 0.311 e. The lowest BCUT2D eigenvalue weighted by Crippen LogP contribution is -2.61. The van der Waals surface area contributed by atoms with Crippen molar-refractivity contribution in [2.75, 3.05) is 27.8 Å². The van der Waals surface area contributed by atoms with E-state index in [0.29, 0.717) is 24.7 Å². The van der Waals surface area contributed by atoms with Gasteiger partial charge in [0.05, 0.1) is 47.8 Å². The molecule has 1 aliphatic carbocycles. The minimum Gasteiger partial charge on any atom is -0.459 e. The average Bonchev–Trinajstić information content (AvgIpc) is 3.22. The fourth-order valence-corrected chi connectivity index (χ4v) is 11.0. The fourth-order valence-electron chi connectivity index (χ4n) is 11.0. The molecule has 4 N–H and O–H groups in total. The summed E-state index contributed by atoms with van der Waals surface area (Å²) in [5.74, 6) is -3.81. The molecule has 372 valence electrons. The van der Waals surface area contributed by atoms with Gasteiger partial charge in [-0.15, -0.1) is 0 Å². The quantitative estimate of drug-likeness (QED) is 0.102. The SMILES string of the molecule is CC[C@@H]1OC(=O)[C@H](C)[C@@H](O[C@H]2C[C@@](C)(OC)[C@@H](OC(C)=O)[C@H](C)O2)[C@H](C)[C@@H](O[C@@H]2O[C@H](C)C[C@H](N(C)C)[C@H]2O)C(C)(O)C[C@@H](C)/C(=N\OCCCC2CCCCC2)[C@@H](C)[C@@H](O)[C@]1(C)O. The minimum absolute atomic E-state index is 0.0203. The predicted molar refractivity (Wildman–Crippen MR) is 240 cm³/mol. The molecule has 0 radical (unpaired) electrons. The van der Waals surface area contributed by atoms with E-state index in [1.54, 1.807) is 48.5 Å². The molecule has 0 amide bonds. The van der Waals surface area contributed by atoms with Gasteiger partial charge in [-0.25, -0.2) is 0 Å². The average molecular weight is 915 g/mol. The van der Waals surface area contributed by atoms with Crippen LogP contribution in [0.5, 0.6) is 0 Å². The smallest absolute Gasteiger partial charge is 0.311 e. The molecule has 0 spiro atoms. The van der Waals surface area contributed by atoms with Crippen molar-refractivity contribution >= 4 is 17.7 Å². The van der Waals surface area contributed by atoms with Crippen LogP contribution in [0.25, 0.3) is 0 Å². The number of likely N-dealkylation sites (N-methyl/N-ethyl adjacent to an activating group) is 1. The van der Waals surface area contributed by atoms with Crippen molar-refractivity contribution in [3.05, 3.63) is 0 Å². The van der Waals surface area contributed by atoms with Crippen LogP contribution in [0.2, 0.25) is 0 Å². The van der Waals surface area contributed by atoms with E-state index >= 15 is 0 Å². The van der Waals surface area contributed by atoms with Crippen LogP contribution in [-0.2, 0) is 47.6 Å². The minimum atomic E-state index is -1.94. The summed E-state index contributed by atoms with van der Waals surface area (Å²) in [6.45, 7) is 19.1. The van der Waals surface area contributed by atoms with Gasteiger partial charge in [-0.3, -0.25) is 9.59 Å². The summed E-state index contributed by atoms with van der Waals surface area (Å²) in [4.78, 5) is 34.6. The predicted octanol–water partition coefficient (Wildman–Crippen LogP) is 5.52. The number of esters is 2. The summed E-state index contributed by atoms with van der Waals surface area (Å²) in [6, 6.07) is -0.323. The number of hydrogen-bond acceptors (Lipinski definition) is 16. The normalized spacial score (nSPS) is 44.3. The Morgan fingerprint density at radius 3 is 2.17 bits per heavy atom. The lowest BCUT2D eigenvalue weighted by molar-refractivity contribution is -0.318. The first-order chi connectivity index (χ1) is 29.9. The van der Waals surface area contributed by atoms with E-state index < -0.39 is 108 Å². The first kappa shape index (κ1) is 54.6. The van der Waals surface area contributed by atoms with E-state index in [9.17, 15) is 30.0 Å². The molecule has 16 heteroatoms. The summed E-state index contributed by atoms with van der Waals surface area (Å²) in [5.41, 5.74) is -4.32. The summed E-state index contributed by atoms with van der Waals surface area (Å²) in [7, 11) is 5.27. The van der Waals surface area contributed by atoms with Crippen molar-refractivity contribution in [2.24, 2.45) is 34.7 Å². The van der Waals surface area contributed by atoms with Gasteiger partial charge in [0.1, 0.15) is 30.0 Å². The van der Waals surface area contributed by atoms with Gasteiger partial charge in [-0.2, -0.15) is 0 Å². The number of methoxy groups -OCH3 is 1. The van der Waals surface area contributed by atoms with Gasteiger partial charge < -0.3 is 63.3 Å². The number of aliphatic hydroxyl groups is 4. The van der Waals surface area contributed by atoms with Gasteiger partial charge in [0, 0.05) is 44.2 Å². The maximum absolute atomic E-state index is 14.5. The highest BCUT2D eigenvalue weighted by molar-refractivity contribution is 5.88. The Balaban J connectivity index is 1.81. The molecule has 0 aromatic heterocycles. The number of hydrogen-bond donors (Lipinski definition) is 4. The molecule has 0 aromatic carbocycles. The first-order valence-corrected chi connectivity index (χ1v) is 24.1. The zero-order chi connectivity index (χ0) is 47.9. The third-order valence-electron chi connectivity index (χ3n) is 14.9. The van der Waals surface area contributed by atoms with Crippen LogP contribution in [0.3, 0.4) is 0 Å². The van der Waals surface area contributed by atoms with Gasteiger partial charge >= 0.3 is 11.9 Å². The molecule has 16 nitrogen and oxygen atoms in total. The fraction of sp³-hybridized carbons (Fsp3) is 0.938. The topological polar surface area (TPSA) is 204 Å². The lowest BCUT2D eigenvalue weighted by atomic mass is 9.73. The van der Waals surface area contributed by atoms with E-state index in [1.807, 2.05) is 32.8 Å². The van der Waals surface area contributed by atoms with Crippen LogP contribution in [0, 0.1) is 29.6 Å². The summed E-state index contributed by atoms with van der Waals surface area (Å²) in [5, 5.41) is 53.5. The van der Waals surface area contributed by atoms with Crippen molar-refractivity contribution in [1.82, 2.24) is 4.90 Å². The third kappa shape index (κ3) is 13.4. The Morgan fingerprint density at radius 1 is 0.922 bits per heavy atom. The Kier molecular flexibility index (Phi) is 19.9.